The Labute approximate surface area is 109 Å². The lowest BCUT2D eigenvalue weighted by molar-refractivity contribution is -0.136. The molecule has 0 unspecified atom stereocenters. The zero-order valence-corrected chi connectivity index (χ0v) is 10.6. The van der Waals surface area contributed by atoms with Gasteiger partial charge in [0.05, 0.1) is 12.2 Å². The van der Waals surface area contributed by atoms with Crippen LogP contribution in [0.2, 0.25) is 0 Å². The quantitative estimate of drug-likeness (QED) is 0.599. The summed E-state index contributed by atoms with van der Waals surface area (Å²) in [7, 11) is -3.71. The maximum Gasteiger partial charge on any atom is 0.316 e. The maximum atomic E-state index is 11.5. The van der Waals surface area contributed by atoms with Crippen LogP contribution in [0.4, 0.5) is 16.2 Å². The Morgan fingerprint density at radius 2 is 1.68 bits per heavy atom. The van der Waals surface area contributed by atoms with E-state index >= 15 is 0 Å². The second-order valence-electron chi connectivity index (χ2n) is 3.63. The Morgan fingerprint density at radius 1 is 1.16 bits per heavy atom. The zero-order valence-electron chi connectivity index (χ0n) is 9.79. The molecule has 8 nitrogen and oxygen atoms in total. The second-order valence-corrected chi connectivity index (χ2v) is 5.47. The molecule has 0 atom stereocenters. The predicted molar refractivity (Wildman–Crippen MR) is 69.3 cm³/mol. The monoisotopic (exact) mass is 287 g/mol. The highest BCUT2D eigenvalue weighted by Gasteiger charge is 2.12. The molecule has 1 rings (SSSR count). The lowest BCUT2D eigenvalue weighted by atomic mass is 10.3. The fourth-order valence-electron chi connectivity index (χ4n) is 1.22. The SMILES string of the molecule is NC(=O)Nc1ccc(NS(=O)(=O)CCC(=O)O)cc1. The molecule has 0 aliphatic rings. The molecule has 0 heterocycles. The number of carbonyl (C=O) groups excluding carboxylic acids is 1. The number of rotatable bonds is 6. The molecule has 2 amide bonds. The van der Waals surface area contributed by atoms with Crippen molar-refractivity contribution in [3.8, 4) is 0 Å². The molecule has 0 aromatic heterocycles. The molecule has 0 radical (unpaired) electrons. The third-order valence-electron chi connectivity index (χ3n) is 2.01. The highest BCUT2D eigenvalue weighted by molar-refractivity contribution is 7.92. The Kier molecular flexibility index (Phi) is 4.70. The summed E-state index contributed by atoms with van der Waals surface area (Å²) in [6.07, 6.45) is -0.476. The van der Waals surface area contributed by atoms with E-state index in [0.717, 1.165) is 0 Å². The van der Waals surface area contributed by atoms with Gasteiger partial charge in [0.15, 0.2) is 0 Å². The first-order chi connectivity index (χ1) is 8.78. The summed E-state index contributed by atoms with van der Waals surface area (Å²) in [4.78, 5) is 20.9. The van der Waals surface area contributed by atoms with Gasteiger partial charge < -0.3 is 16.2 Å². The molecule has 0 bridgehead atoms. The Hall–Kier alpha value is -2.29. The fourth-order valence-corrected chi connectivity index (χ4v) is 2.26. The van der Waals surface area contributed by atoms with Crippen LogP contribution in [-0.4, -0.2) is 31.3 Å². The van der Waals surface area contributed by atoms with Crippen molar-refractivity contribution in [2.75, 3.05) is 15.8 Å². The number of carbonyl (C=O) groups is 2. The van der Waals surface area contributed by atoms with Gasteiger partial charge in [-0.3, -0.25) is 9.52 Å². The van der Waals surface area contributed by atoms with Gasteiger partial charge in [-0.05, 0) is 24.3 Å². The number of anilines is 2. The zero-order chi connectivity index (χ0) is 14.5. The van der Waals surface area contributed by atoms with Crippen LogP contribution < -0.4 is 15.8 Å². The van der Waals surface area contributed by atoms with E-state index in [-0.39, 0.29) is 5.69 Å². The van der Waals surface area contributed by atoms with Crippen LogP contribution in [0.15, 0.2) is 24.3 Å². The van der Waals surface area contributed by atoms with Crippen molar-refractivity contribution < 1.29 is 23.1 Å². The van der Waals surface area contributed by atoms with Gasteiger partial charge in [-0.25, -0.2) is 13.2 Å². The summed E-state index contributed by atoms with van der Waals surface area (Å²) in [6, 6.07) is 5.03. The van der Waals surface area contributed by atoms with E-state index < -0.39 is 34.2 Å². The van der Waals surface area contributed by atoms with E-state index in [2.05, 4.69) is 10.0 Å². The number of benzene rings is 1. The molecular weight excluding hydrogens is 274 g/mol. The molecule has 19 heavy (non-hydrogen) atoms. The summed E-state index contributed by atoms with van der Waals surface area (Å²) in [5.41, 5.74) is 5.60. The van der Waals surface area contributed by atoms with Crippen molar-refractivity contribution >= 4 is 33.4 Å². The minimum Gasteiger partial charge on any atom is -0.481 e. The van der Waals surface area contributed by atoms with Crippen molar-refractivity contribution in [3.05, 3.63) is 24.3 Å². The first-order valence-corrected chi connectivity index (χ1v) is 6.82. The van der Waals surface area contributed by atoms with Gasteiger partial charge in [-0.1, -0.05) is 0 Å². The topological polar surface area (TPSA) is 139 Å². The number of amides is 2. The van der Waals surface area contributed by atoms with E-state index in [1.54, 1.807) is 0 Å². The first kappa shape index (κ1) is 14.8. The molecule has 104 valence electrons. The summed E-state index contributed by atoms with van der Waals surface area (Å²) < 4.78 is 25.2. The van der Waals surface area contributed by atoms with Gasteiger partial charge in [0.2, 0.25) is 10.0 Å². The number of nitrogens with one attached hydrogen (secondary N) is 2. The number of urea groups is 1. The van der Waals surface area contributed by atoms with Gasteiger partial charge in [0, 0.05) is 11.4 Å². The standard InChI is InChI=1S/C10H13N3O5S/c11-10(16)12-7-1-3-8(4-2-7)13-19(17,18)6-5-9(14)15/h1-4,13H,5-6H2,(H,14,15)(H3,11,12,16). The van der Waals surface area contributed by atoms with E-state index in [1.807, 2.05) is 0 Å². The summed E-state index contributed by atoms with van der Waals surface area (Å²) in [5.74, 6) is -1.70. The number of carboxylic acid groups (broad SMARTS) is 1. The molecule has 0 aliphatic carbocycles. The van der Waals surface area contributed by atoms with Crippen molar-refractivity contribution in [1.82, 2.24) is 0 Å². The van der Waals surface area contributed by atoms with Crippen LogP contribution in [0, 0.1) is 0 Å². The average molecular weight is 287 g/mol. The maximum absolute atomic E-state index is 11.5. The minimum atomic E-state index is -3.71. The van der Waals surface area contributed by atoms with Crippen LogP contribution in [0.5, 0.6) is 0 Å². The predicted octanol–water partition coefficient (Wildman–Crippen LogP) is 0.394. The molecule has 0 aliphatic heterocycles. The van der Waals surface area contributed by atoms with Gasteiger partial charge in [-0.15, -0.1) is 0 Å². The molecule has 9 heteroatoms. The number of primary amides is 1. The number of sulfonamides is 1. The highest BCUT2D eigenvalue weighted by Crippen LogP contribution is 2.14. The Morgan fingerprint density at radius 3 is 2.16 bits per heavy atom. The third-order valence-corrected chi connectivity index (χ3v) is 3.30. The minimum absolute atomic E-state index is 0.264. The number of carboxylic acids is 1. The summed E-state index contributed by atoms with van der Waals surface area (Å²) in [5, 5.41) is 10.7. The number of hydrogen-bond donors (Lipinski definition) is 4. The summed E-state index contributed by atoms with van der Waals surface area (Å²) in [6.45, 7) is 0. The lowest BCUT2D eigenvalue weighted by Gasteiger charge is -2.08. The molecule has 0 saturated heterocycles. The smallest absolute Gasteiger partial charge is 0.316 e. The normalized spacial score (nSPS) is 10.7. The third kappa shape index (κ3) is 5.73. The van der Waals surface area contributed by atoms with E-state index in [0.29, 0.717) is 5.69 Å². The summed E-state index contributed by atoms with van der Waals surface area (Å²) >= 11 is 0. The van der Waals surface area contributed by atoms with E-state index in [1.165, 1.54) is 24.3 Å². The second kappa shape index (κ2) is 6.05. The van der Waals surface area contributed by atoms with Crippen LogP contribution in [0.1, 0.15) is 6.42 Å². The first-order valence-electron chi connectivity index (χ1n) is 5.17. The molecule has 5 N–H and O–H groups in total. The number of hydrogen-bond acceptors (Lipinski definition) is 4. The molecular formula is C10H13N3O5S. The molecule has 0 fully saturated rings. The van der Waals surface area contributed by atoms with Gasteiger partial charge in [0.25, 0.3) is 0 Å². The number of aliphatic carboxylic acids is 1. The van der Waals surface area contributed by atoms with Crippen molar-refractivity contribution in [3.63, 3.8) is 0 Å². The molecule has 0 spiro atoms. The van der Waals surface area contributed by atoms with Crippen LogP contribution >= 0.6 is 0 Å². The lowest BCUT2D eigenvalue weighted by Crippen LogP contribution is -2.20. The fraction of sp³-hybridized carbons (Fsp3) is 0.200. The highest BCUT2D eigenvalue weighted by atomic mass is 32.2. The number of nitrogens with two attached hydrogens (primary N) is 1. The van der Waals surface area contributed by atoms with Crippen molar-refractivity contribution in [1.29, 1.82) is 0 Å². The van der Waals surface area contributed by atoms with E-state index in [9.17, 15) is 18.0 Å². The van der Waals surface area contributed by atoms with Gasteiger partial charge >= 0.3 is 12.0 Å². The van der Waals surface area contributed by atoms with Crippen molar-refractivity contribution in [2.45, 2.75) is 6.42 Å². The Balaban J connectivity index is 2.67. The van der Waals surface area contributed by atoms with Crippen LogP contribution in [-0.2, 0) is 14.8 Å². The Bertz CT molecular complexity index is 567. The van der Waals surface area contributed by atoms with Gasteiger partial charge in [0.1, 0.15) is 0 Å². The van der Waals surface area contributed by atoms with Crippen LogP contribution in [0.25, 0.3) is 0 Å². The van der Waals surface area contributed by atoms with Gasteiger partial charge in [-0.2, -0.15) is 0 Å². The largest absolute Gasteiger partial charge is 0.481 e. The van der Waals surface area contributed by atoms with Crippen molar-refractivity contribution in [2.24, 2.45) is 5.73 Å². The molecule has 0 saturated carbocycles. The molecule has 1 aromatic carbocycles. The molecule has 1 aromatic rings. The van der Waals surface area contributed by atoms with E-state index in [4.69, 9.17) is 10.8 Å². The van der Waals surface area contributed by atoms with Crippen LogP contribution in [0.3, 0.4) is 0 Å². The average Bonchev–Trinajstić information content (AvgIpc) is 2.28.